The molecule has 1 amide bonds. The van der Waals surface area contributed by atoms with E-state index in [1.54, 1.807) is 6.07 Å². The van der Waals surface area contributed by atoms with Crippen LogP contribution in [0.3, 0.4) is 0 Å². The van der Waals surface area contributed by atoms with Crippen LogP contribution in [0.2, 0.25) is 0 Å². The van der Waals surface area contributed by atoms with Gasteiger partial charge < -0.3 is 29.5 Å². The van der Waals surface area contributed by atoms with Gasteiger partial charge in [0.05, 0.1) is 0 Å². The van der Waals surface area contributed by atoms with Crippen LogP contribution in [0, 0.1) is 13.8 Å². The van der Waals surface area contributed by atoms with E-state index >= 15 is 0 Å². The molecule has 1 aromatic heterocycles. The Kier molecular flexibility index (Phi) is 9.97. The van der Waals surface area contributed by atoms with Crippen LogP contribution in [0.5, 0.6) is 11.5 Å². The number of piperazine rings is 2. The minimum atomic E-state index is -0.0937. The molecular weight excluding hydrogens is 574 g/mol. The quantitative estimate of drug-likeness (QED) is 0.245. The SMILES string of the molecule is Cc1c(C)n(CCCN2CCN(C)CC2)c2ccc(Cc3cccc(C(=O)N4CCN(CCc5ccc(O)c(O)c5)CC4)c3)cc12. The van der Waals surface area contributed by atoms with Crippen LogP contribution in [-0.2, 0) is 19.4 Å². The number of amides is 1. The molecule has 8 heteroatoms. The van der Waals surface area contributed by atoms with Gasteiger partial charge in [0, 0.05) is 87.6 Å². The summed E-state index contributed by atoms with van der Waals surface area (Å²) in [6, 6.07) is 20.0. The van der Waals surface area contributed by atoms with Gasteiger partial charge in [-0.05, 0) is 105 Å². The number of nitrogens with zero attached hydrogens (tertiary/aromatic N) is 5. The molecule has 3 heterocycles. The lowest BCUT2D eigenvalue weighted by molar-refractivity contribution is 0.0638. The topological polar surface area (TPSA) is 75.4 Å². The Hall–Kier alpha value is -3.85. The van der Waals surface area contributed by atoms with Gasteiger partial charge in [0.25, 0.3) is 5.91 Å². The molecule has 2 aliphatic heterocycles. The van der Waals surface area contributed by atoms with Crippen molar-refractivity contribution >= 4 is 16.8 Å². The summed E-state index contributed by atoms with van der Waals surface area (Å²) in [6.45, 7) is 15.3. The number of likely N-dealkylation sites (N-methyl/N-ethyl adjacent to an activating group) is 1. The molecule has 0 aliphatic carbocycles. The number of phenols is 2. The van der Waals surface area contributed by atoms with Gasteiger partial charge in [0.15, 0.2) is 11.5 Å². The van der Waals surface area contributed by atoms with Crippen LogP contribution in [0.25, 0.3) is 10.9 Å². The van der Waals surface area contributed by atoms with Gasteiger partial charge in [-0.2, -0.15) is 0 Å². The van der Waals surface area contributed by atoms with Gasteiger partial charge in [-0.1, -0.05) is 24.3 Å². The third kappa shape index (κ3) is 7.41. The molecule has 2 N–H and O–H groups in total. The van der Waals surface area contributed by atoms with Crippen LogP contribution in [-0.4, -0.2) is 113 Å². The molecule has 0 bridgehead atoms. The van der Waals surface area contributed by atoms with Crippen molar-refractivity contribution in [1.82, 2.24) is 24.2 Å². The normalized spacial score (nSPS) is 16.8. The van der Waals surface area contributed by atoms with Crippen molar-refractivity contribution in [2.45, 2.75) is 39.7 Å². The molecule has 6 rings (SSSR count). The number of hydrogen-bond acceptors (Lipinski definition) is 6. The monoisotopic (exact) mass is 623 g/mol. The standard InChI is InChI=1S/C38H49N5O3/c1-28-29(2)43(14-5-13-40-18-16-39(3)17-19-40)35-10-8-32(26-34(28)35)24-31-6-4-7-33(25-31)38(46)42-22-20-41(21-23-42)15-12-30-9-11-36(44)37(45)27-30/h4,6-11,25-27,44-45H,5,12-24H2,1-3H3. The molecule has 244 valence electrons. The summed E-state index contributed by atoms with van der Waals surface area (Å²) < 4.78 is 2.50. The highest BCUT2D eigenvalue weighted by atomic mass is 16.3. The number of fused-ring (bicyclic) bond motifs is 1. The van der Waals surface area contributed by atoms with Crippen LogP contribution < -0.4 is 0 Å². The molecule has 2 saturated heterocycles. The zero-order valence-corrected chi connectivity index (χ0v) is 27.7. The number of phenolic OH excluding ortho intramolecular Hbond substituents is 2. The molecule has 4 aromatic rings. The molecule has 0 saturated carbocycles. The van der Waals surface area contributed by atoms with E-state index in [2.05, 4.69) is 70.5 Å². The first-order valence-electron chi connectivity index (χ1n) is 16.9. The van der Waals surface area contributed by atoms with Crippen LogP contribution in [0.4, 0.5) is 0 Å². The molecular formula is C38H49N5O3. The summed E-state index contributed by atoms with van der Waals surface area (Å²) in [7, 11) is 2.21. The Morgan fingerprint density at radius 2 is 1.41 bits per heavy atom. The smallest absolute Gasteiger partial charge is 0.253 e. The molecule has 8 nitrogen and oxygen atoms in total. The van der Waals surface area contributed by atoms with Crippen molar-refractivity contribution in [2.75, 3.05) is 72.5 Å². The van der Waals surface area contributed by atoms with Crippen LogP contribution in [0.15, 0.2) is 60.7 Å². The molecule has 0 unspecified atom stereocenters. The number of carbonyl (C=O) groups excluding carboxylic acids is 1. The minimum Gasteiger partial charge on any atom is -0.504 e. The second-order valence-electron chi connectivity index (χ2n) is 13.3. The number of aromatic nitrogens is 1. The average molecular weight is 624 g/mol. The predicted octanol–water partition coefficient (Wildman–Crippen LogP) is 4.90. The van der Waals surface area contributed by atoms with Crippen LogP contribution >= 0.6 is 0 Å². The van der Waals surface area contributed by atoms with Crippen molar-refractivity contribution < 1.29 is 15.0 Å². The highest BCUT2D eigenvalue weighted by Gasteiger charge is 2.22. The maximum absolute atomic E-state index is 13.5. The first-order chi connectivity index (χ1) is 22.2. The highest BCUT2D eigenvalue weighted by Crippen LogP contribution is 2.28. The van der Waals surface area contributed by atoms with E-state index in [1.807, 2.05) is 23.1 Å². The maximum atomic E-state index is 13.5. The fourth-order valence-electron chi connectivity index (χ4n) is 7.04. The van der Waals surface area contributed by atoms with Gasteiger partial charge in [0.2, 0.25) is 0 Å². The molecule has 2 aliphatic rings. The summed E-state index contributed by atoms with van der Waals surface area (Å²) in [6.07, 6.45) is 2.75. The lowest BCUT2D eigenvalue weighted by Gasteiger charge is -2.34. The van der Waals surface area contributed by atoms with Gasteiger partial charge in [0.1, 0.15) is 0 Å². The molecule has 0 radical (unpaired) electrons. The van der Waals surface area contributed by atoms with Crippen molar-refractivity contribution in [3.8, 4) is 11.5 Å². The Labute approximate surface area is 273 Å². The van der Waals surface area contributed by atoms with Crippen molar-refractivity contribution in [2.24, 2.45) is 0 Å². The molecule has 3 aromatic carbocycles. The van der Waals surface area contributed by atoms with E-state index in [0.29, 0.717) is 13.1 Å². The first-order valence-corrected chi connectivity index (χ1v) is 16.9. The number of aromatic hydroxyl groups is 2. The minimum absolute atomic E-state index is 0.0809. The number of aryl methyl sites for hydroxylation is 2. The third-order valence-electron chi connectivity index (χ3n) is 10.2. The first kappa shape index (κ1) is 32.1. The Morgan fingerprint density at radius 1 is 0.717 bits per heavy atom. The predicted molar refractivity (Wildman–Crippen MR) is 185 cm³/mol. The molecule has 0 spiro atoms. The van der Waals surface area contributed by atoms with E-state index in [-0.39, 0.29) is 17.4 Å². The second-order valence-corrected chi connectivity index (χ2v) is 13.3. The largest absolute Gasteiger partial charge is 0.504 e. The van der Waals surface area contributed by atoms with Crippen LogP contribution in [0.1, 0.15) is 44.7 Å². The Balaban J connectivity index is 1.04. The summed E-state index contributed by atoms with van der Waals surface area (Å²) in [4.78, 5) is 22.8. The number of benzene rings is 3. The fourth-order valence-corrected chi connectivity index (χ4v) is 7.04. The molecule has 2 fully saturated rings. The van der Waals surface area contributed by atoms with Gasteiger partial charge >= 0.3 is 0 Å². The highest BCUT2D eigenvalue weighted by molar-refractivity contribution is 5.94. The Morgan fingerprint density at radius 3 is 2.17 bits per heavy atom. The van der Waals surface area contributed by atoms with E-state index in [4.69, 9.17) is 0 Å². The number of carbonyl (C=O) groups is 1. The van der Waals surface area contributed by atoms with Gasteiger partial charge in [-0.3, -0.25) is 9.69 Å². The summed E-state index contributed by atoms with van der Waals surface area (Å²) >= 11 is 0. The van der Waals surface area contributed by atoms with Crippen molar-refractivity contribution in [3.63, 3.8) is 0 Å². The zero-order valence-electron chi connectivity index (χ0n) is 27.7. The maximum Gasteiger partial charge on any atom is 0.253 e. The number of rotatable bonds is 10. The third-order valence-corrected chi connectivity index (χ3v) is 10.2. The van der Waals surface area contributed by atoms with Crippen molar-refractivity contribution in [3.05, 3.63) is 94.2 Å². The van der Waals surface area contributed by atoms with Gasteiger partial charge in [-0.25, -0.2) is 0 Å². The van der Waals surface area contributed by atoms with Crippen molar-refractivity contribution in [1.29, 1.82) is 0 Å². The molecule has 0 atom stereocenters. The Bertz CT molecular complexity index is 1660. The lowest BCUT2D eigenvalue weighted by Crippen LogP contribution is -2.49. The fraction of sp³-hybridized carbons (Fsp3) is 0.447. The second kappa shape index (κ2) is 14.3. The van der Waals surface area contributed by atoms with E-state index in [1.165, 1.54) is 60.0 Å². The number of hydrogen-bond donors (Lipinski definition) is 2. The average Bonchev–Trinajstić information content (AvgIpc) is 3.30. The van der Waals surface area contributed by atoms with E-state index < -0.39 is 0 Å². The lowest BCUT2D eigenvalue weighted by atomic mass is 10.0. The van der Waals surface area contributed by atoms with Gasteiger partial charge in [-0.15, -0.1) is 0 Å². The molecule has 46 heavy (non-hydrogen) atoms. The zero-order chi connectivity index (χ0) is 32.2. The summed E-state index contributed by atoms with van der Waals surface area (Å²) in [5, 5.41) is 20.6. The van der Waals surface area contributed by atoms with E-state index in [9.17, 15) is 15.0 Å². The van der Waals surface area contributed by atoms with E-state index in [0.717, 1.165) is 68.7 Å². The summed E-state index contributed by atoms with van der Waals surface area (Å²) in [5.74, 6) is -0.0769. The summed E-state index contributed by atoms with van der Waals surface area (Å²) in [5.41, 5.74) is 8.21.